The Morgan fingerprint density at radius 2 is 2.12 bits per heavy atom. The number of hydrogen-bond acceptors (Lipinski definition) is 6. The number of nitrogens with one attached hydrogen (secondary N) is 1. The predicted molar refractivity (Wildman–Crippen MR) is 83.5 cm³/mol. The summed E-state index contributed by atoms with van der Waals surface area (Å²) >= 11 is 0. The fourth-order valence-corrected chi connectivity index (χ4v) is 2.38. The third-order valence-electron chi connectivity index (χ3n) is 3.50. The number of ether oxygens (including phenoxy) is 1. The second-order valence-corrected chi connectivity index (χ2v) is 5.37. The molecule has 1 aromatic carbocycles. The van der Waals surface area contributed by atoms with E-state index in [-0.39, 0.29) is 18.2 Å². The number of carbonyl (C=O) groups is 3. The smallest absolute Gasteiger partial charge is 0.377 e. The second-order valence-electron chi connectivity index (χ2n) is 5.37. The van der Waals surface area contributed by atoms with Gasteiger partial charge in [-0.1, -0.05) is 17.3 Å². The van der Waals surface area contributed by atoms with Gasteiger partial charge in [0.25, 0.3) is 5.91 Å². The molecule has 0 spiro atoms. The van der Waals surface area contributed by atoms with Crippen molar-refractivity contribution in [2.75, 3.05) is 16.8 Å². The molecule has 1 aromatic heterocycles. The van der Waals surface area contributed by atoms with Gasteiger partial charge in [-0.25, -0.2) is 4.79 Å². The Labute approximate surface area is 137 Å². The Morgan fingerprint density at radius 3 is 2.83 bits per heavy atom. The molecule has 3 rings (SSSR count). The van der Waals surface area contributed by atoms with E-state index < -0.39 is 18.0 Å². The number of carbonyl (C=O) groups excluding carboxylic acids is 3. The zero-order chi connectivity index (χ0) is 17.3. The third kappa shape index (κ3) is 2.98. The van der Waals surface area contributed by atoms with E-state index in [1.54, 1.807) is 31.2 Å². The fraction of sp³-hybridized carbons (Fsp3) is 0.250. The lowest BCUT2D eigenvalue weighted by Gasteiger charge is -2.30. The highest BCUT2D eigenvalue weighted by molar-refractivity contribution is 6.11. The van der Waals surface area contributed by atoms with E-state index in [4.69, 9.17) is 9.26 Å². The number of amides is 2. The molecule has 0 saturated carbocycles. The van der Waals surface area contributed by atoms with E-state index in [9.17, 15) is 14.4 Å². The highest BCUT2D eigenvalue weighted by Gasteiger charge is 2.32. The van der Waals surface area contributed by atoms with Crippen molar-refractivity contribution in [3.8, 4) is 0 Å². The molecule has 0 aliphatic carbocycles. The van der Waals surface area contributed by atoms with Crippen molar-refractivity contribution in [2.45, 2.75) is 20.0 Å². The molecule has 2 heterocycles. The fourth-order valence-electron chi connectivity index (χ4n) is 2.38. The first-order chi connectivity index (χ1) is 11.5. The molecule has 24 heavy (non-hydrogen) atoms. The van der Waals surface area contributed by atoms with E-state index in [2.05, 4.69) is 10.5 Å². The lowest BCUT2D eigenvalue weighted by molar-refractivity contribution is -0.128. The molecule has 0 unspecified atom stereocenters. The first kappa shape index (κ1) is 15.7. The number of hydrogen-bond donors (Lipinski definition) is 1. The van der Waals surface area contributed by atoms with Crippen LogP contribution in [0.25, 0.3) is 0 Å². The van der Waals surface area contributed by atoms with Gasteiger partial charge in [-0.3, -0.25) is 14.5 Å². The molecule has 8 heteroatoms. The number of anilines is 2. The summed E-state index contributed by atoms with van der Waals surface area (Å²) in [6.45, 7) is 2.97. The zero-order valence-corrected chi connectivity index (χ0v) is 13.1. The molecule has 1 N–H and O–H groups in total. The lowest BCUT2D eigenvalue weighted by atomic mass is 10.1. The Bertz CT molecular complexity index is 814. The largest absolute Gasteiger partial charge is 0.447 e. The van der Waals surface area contributed by atoms with Crippen LogP contribution in [-0.2, 0) is 14.3 Å². The summed E-state index contributed by atoms with van der Waals surface area (Å²) in [5.74, 6) is -1.68. The minimum absolute atomic E-state index is 0.0797. The number of nitrogens with zero attached hydrogens (tertiary/aromatic N) is 2. The number of para-hydroxylation sites is 2. The highest BCUT2D eigenvalue weighted by Crippen LogP contribution is 2.29. The SMILES string of the molecule is Cc1cc(C(=O)O[C@@H](C)C(=O)N2CC(=O)Nc3ccccc32)on1. The molecule has 0 radical (unpaired) electrons. The van der Waals surface area contributed by atoms with Gasteiger partial charge in [-0.05, 0) is 26.0 Å². The molecule has 1 aliphatic heterocycles. The minimum atomic E-state index is -1.08. The molecule has 1 atom stereocenters. The molecule has 1 aliphatic rings. The van der Waals surface area contributed by atoms with Crippen LogP contribution in [-0.4, -0.2) is 35.6 Å². The monoisotopic (exact) mass is 329 g/mol. The molecule has 8 nitrogen and oxygen atoms in total. The first-order valence-electron chi connectivity index (χ1n) is 7.30. The summed E-state index contributed by atoms with van der Waals surface area (Å²) in [7, 11) is 0. The van der Waals surface area contributed by atoms with Crippen LogP contribution in [0.2, 0.25) is 0 Å². The van der Waals surface area contributed by atoms with Gasteiger partial charge in [0.1, 0.15) is 6.54 Å². The number of aryl methyl sites for hydroxylation is 1. The topological polar surface area (TPSA) is 102 Å². The van der Waals surface area contributed by atoms with Gasteiger partial charge >= 0.3 is 5.97 Å². The van der Waals surface area contributed by atoms with Crippen LogP contribution in [0.1, 0.15) is 23.2 Å². The van der Waals surface area contributed by atoms with Gasteiger partial charge in [0, 0.05) is 6.07 Å². The Morgan fingerprint density at radius 1 is 1.38 bits per heavy atom. The average molecular weight is 329 g/mol. The Kier molecular flexibility index (Phi) is 4.03. The minimum Gasteiger partial charge on any atom is -0.447 e. The van der Waals surface area contributed by atoms with Crippen LogP contribution in [0.15, 0.2) is 34.9 Å². The third-order valence-corrected chi connectivity index (χ3v) is 3.50. The van der Waals surface area contributed by atoms with Gasteiger partial charge in [0.05, 0.1) is 17.1 Å². The van der Waals surface area contributed by atoms with Crippen molar-refractivity contribution < 1.29 is 23.6 Å². The number of rotatable bonds is 3. The molecule has 2 aromatic rings. The van der Waals surface area contributed by atoms with Crippen LogP contribution >= 0.6 is 0 Å². The van der Waals surface area contributed by atoms with Crippen LogP contribution in [0.4, 0.5) is 11.4 Å². The molecular formula is C16H15N3O5. The van der Waals surface area contributed by atoms with Crippen LogP contribution in [0.3, 0.4) is 0 Å². The molecule has 0 bridgehead atoms. The summed E-state index contributed by atoms with van der Waals surface area (Å²) in [6, 6.07) is 8.33. The molecular weight excluding hydrogens is 314 g/mol. The Hall–Kier alpha value is -3.16. The highest BCUT2D eigenvalue weighted by atomic mass is 16.6. The van der Waals surface area contributed by atoms with E-state index in [0.29, 0.717) is 17.1 Å². The molecule has 124 valence electrons. The quantitative estimate of drug-likeness (QED) is 0.857. The lowest BCUT2D eigenvalue weighted by Crippen LogP contribution is -2.47. The van der Waals surface area contributed by atoms with Crippen LogP contribution in [0.5, 0.6) is 0 Å². The maximum absolute atomic E-state index is 12.6. The summed E-state index contributed by atoms with van der Waals surface area (Å²) in [5.41, 5.74) is 1.62. The average Bonchev–Trinajstić information content (AvgIpc) is 3.00. The van der Waals surface area contributed by atoms with E-state index >= 15 is 0 Å². The van der Waals surface area contributed by atoms with Gasteiger partial charge < -0.3 is 14.6 Å². The van der Waals surface area contributed by atoms with E-state index in [1.807, 2.05) is 0 Å². The Balaban J connectivity index is 1.76. The zero-order valence-electron chi connectivity index (χ0n) is 13.1. The van der Waals surface area contributed by atoms with Crippen molar-refractivity contribution in [3.05, 3.63) is 41.8 Å². The number of esters is 1. The summed E-state index contributed by atoms with van der Waals surface area (Å²) in [6.07, 6.45) is -1.08. The van der Waals surface area contributed by atoms with E-state index in [1.165, 1.54) is 17.9 Å². The summed E-state index contributed by atoms with van der Waals surface area (Å²) in [5, 5.41) is 6.28. The number of aromatic nitrogens is 1. The van der Waals surface area contributed by atoms with Gasteiger partial charge in [0.2, 0.25) is 11.7 Å². The number of benzene rings is 1. The molecule has 0 saturated heterocycles. The molecule has 2 amide bonds. The van der Waals surface area contributed by atoms with Crippen molar-refractivity contribution in [1.29, 1.82) is 0 Å². The summed E-state index contributed by atoms with van der Waals surface area (Å²) in [4.78, 5) is 37.6. The first-order valence-corrected chi connectivity index (χ1v) is 7.30. The second kappa shape index (κ2) is 6.15. The van der Waals surface area contributed by atoms with Crippen molar-refractivity contribution in [3.63, 3.8) is 0 Å². The normalized spacial score (nSPS) is 14.6. The van der Waals surface area contributed by atoms with Crippen LogP contribution in [0, 0.1) is 6.92 Å². The maximum Gasteiger partial charge on any atom is 0.377 e. The van der Waals surface area contributed by atoms with Crippen molar-refractivity contribution in [1.82, 2.24) is 5.16 Å². The van der Waals surface area contributed by atoms with Crippen LogP contribution < -0.4 is 10.2 Å². The van der Waals surface area contributed by atoms with Crippen molar-refractivity contribution in [2.24, 2.45) is 0 Å². The van der Waals surface area contributed by atoms with Gasteiger partial charge in [-0.2, -0.15) is 0 Å². The summed E-state index contributed by atoms with van der Waals surface area (Å²) < 4.78 is 9.93. The van der Waals surface area contributed by atoms with E-state index in [0.717, 1.165) is 0 Å². The standard InChI is InChI=1S/C16H15N3O5/c1-9-7-13(24-18-9)16(22)23-10(2)15(21)19-8-14(20)17-11-5-3-4-6-12(11)19/h3-7,10H,8H2,1-2H3,(H,17,20)/t10-/m0/s1. The number of fused-ring (bicyclic) bond motifs is 1. The maximum atomic E-state index is 12.6. The van der Waals surface area contributed by atoms with Crippen molar-refractivity contribution >= 4 is 29.2 Å². The van der Waals surface area contributed by atoms with Gasteiger partial charge in [-0.15, -0.1) is 0 Å². The molecule has 0 fully saturated rings. The van der Waals surface area contributed by atoms with Gasteiger partial charge in [0.15, 0.2) is 6.10 Å². The predicted octanol–water partition coefficient (Wildman–Crippen LogP) is 1.51.